The maximum atomic E-state index is 13.6. The fourth-order valence-corrected chi connectivity index (χ4v) is 4.57. The third kappa shape index (κ3) is 3.62. The molecule has 33 heavy (non-hydrogen) atoms. The van der Waals surface area contributed by atoms with E-state index in [9.17, 15) is 22.8 Å². The maximum absolute atomic E-state index is 13.6. The molecule has 3 aromatic rings. The first-order chi connectivity index (χ1) is 15.7. The number of halogens is 4. The smallest absolute Gasteiger partial charge is 0.323 e. The average Bonchev–Trinajstić information content (AvgIpc) is 3.32. The van der Waals surface area contributed by atoms with Crippen molar-refractivity contribution >= 4 is 23.5 Å². The van der Waals surface area contributed by atoms with Crippen molar-refractivity contribution in [3.8, 4) is 5.69 Å². The molecule has 1 fully saturated rings. The molecule has 0 bridgehead atoms. The van der Waals surface area contributed by atoms with Crippen LogP contribution in [-0.2, 0) is 30.4 Å². The first kappa shape index (κ1) is 21.4. The summed E-state index contributed by atoms with van der Waals surface area (Å²) in [5.41, 5.74) is -0.405. The minimum absolute atomic E-state index is 0.0976. The highest BCUT2D eigenvalue weighted by Gasteiger charge is 2.52. The van der Waals surface area contributed by atoms with Gasteiger partial charge >= 0.3 is 12.2 Å². The van der Waals surface area contributed by atoms with E-state index >= 15 is 0 Å². The maximum Gasteiger partial charge on any atom is 0.418 e. The molecule has 1 unspecified atom stereocenters. The summed E-state index contributed by atoms with van der Waals surface area (Å²) in [6.45, 7) is -0.388. The van der Waals surface area contributed by atoms with Gasteiger partial charge in [0.05, 0.1) is 17.8 Å². The fraction of sp³-hybridized carbons (Fsp3) is 0.286. The van der Waals surface area contributed by atoms with Crippen LogP contribution in [0.1, 0.15) is 28.9 Å². The normalized spacial score (nSPS) is 20.3. The molecule has 12 heteroatoms. The van der Waals surface area contributed by atoms with Gasteiger partial charge < -0.3 is 5.32 Å². The van der Waals surface area contributed by atoms with Gasteiger partial charge in [0.2, 0.25) is 0 Å². The number of alkyl halides is 3. The van der Waals surface area contributed by atoms with Crippen LogP contribution >= 0.6 is 11.6 Å². The van der Waals surface area contributed by atoms with E-state index in [1.165, 1.54) is 6.07 Å². The van der Waals surface area contributed by atoms with Crippen molar-refractivity contribution in [2.75, 3.05) is 0 Å². The minimum Gasteiger partial charge on any atom is -0.323 e. The first-order valence-electron chi connectivity index (χ1n) is 10.0. The lowest BCUT2D eigenvalue weighted by Crippen LogP contribution is -2.51. The lowest BCUT2D eigenvalue weighted by molar-refractivity contribution is -0.137. The monoisotopic (exact) mass is 476 g/mol. The zero-order chi connectivity index (χ0) is 23.4. The summed E-state index contributed by atoms with van der Waals surface area (Å²) < 4.78 is 41.6. The van der Waals surface area contributed by atoms with Gasteiger partial charge in [0.1, 0.15) is 5.54 Å². The molecule has 1 N–H and O–H groups in total. The highest BCUT2D eigenvalue weighted by molar-refractivity contribution is 6.30. The van der Waals surface area contributed by atoms with E-state index < -0.39 is 29.2 Å². The Kier molecular flexibility index (Phi) is 4.89. The van der Waals surface area contributed by atoms with Gasteiger partial charge in [-0.1, -0.05) is 35.9 Å². The third-order valence-electron chi connectivity index (χ3n) is 6.00. The number of benzene rings is 2. The van der Waals surface area contributed by atoms with Gasteiger partial charge in [0.15, 0.2) is 5.82 Å². The summed E-state index contributed by atoms with van der Waals surface area (Å²) in [5, 5.41) is 13.6. The first-order valence-corrected chi connectivity index (χ1v) is 10.4. The van der Waals surface area contributed by atoms with E-state index in [4.69, 9.17) is 11.6 Å². The Morgan fingerprint density at radius 3 is 2.64 bits per heavy atom. The summed E-state index contributed by atoms with van der Waals surface area (Å²) in [5.74, 6) is -0.553. The highest BCUT2D eigenvalue weighted by atomic mass is 35.5. The van der Waals surface area contributed by atoms with Crippen LogP contribution in [0, 0.1) is 0 Å². The molecule has 1 spiro atoms. The standard InChI is InChI=1S/C21H16ClF3N6O2/c22-14-5-6-16(15(9-14)21(23,24)25)31-17(27-28-29-31)11-30-18(32)20(26-19(30)33)8-7-12-3-1-2-4-13(12)10-20/h1-6,9H,7-8,10-11H2,(H,26,33). The molecule has 170 valence electrons. The van der Waals surface area contributed by atoms with Gasteiger partial charge in [-0.2, -0.15) is 17.9 Å². The predicted molar refractivity (Wildman–Crippen MR) is 109 cm³/mol. The van der Waals surface area contributed by atoms with Crippen molar-refractivity contribution in [3.63, 3.8) is 0 Å². The van der Waals surface area contributed by atoms with E-state index in [0.717, 1.165) is 32.8 Å². The predicted octanol–water partition coefficient (Wildman–Crippen LogP) is 3.31. The number of tetrazole rings is 1. The zero-order valence-electron chi connectivity index (χ0n) is 16.9. The van der Waals surface area contributed by atoms with Gasteiger partial charge in [-0.3, -0.25) is 9.69 Å². The average molecular weight is 477 g/mol. The molecule has 2 aromatic carbocycles. The van der Waals surface area contributed by atoms with Gasteiger partial charge in [-0.05, 0) is 52.6 Å². The molecule has 3 amide bonds. The van der Waals surface area contributed by atoms with Gasteiger partial charge in [0.25, 0.3) is 5.91 Å². The molecule has 0 saturated carbocycles. The molecule has 1 saturated heterocycles. The SMILES string of the molecule is O=C1NC2(CCc3ccccc3C2)C(=O)N1Cc1nnnn1-c1ccc(Cl)cc1C(F)(F)F. The summed E-state index contributed by atoms with van der Waals surface area (Å²) in [4.78, 5) is 27.0. The van der Waals surface area contributed by atoms with Crippen LogP contribution in [0.25, 0.3) is 5.69 Å². The molecule has 2 aliphatic rings. The number of nitrogens with zero attached hydrogens (tertiary/aromatic N) is 5. The number of fused-ring (bicyclic) bond motifs is 1. The second kappa shape index (κ2) is 7.55. The molecule has 0 radical (unpaired) electrons. The Morgan fingerprint density at radius 2 is 1.88 bits per heavy atom. The summed E-state index contributed by atoms with van der Waals surface area (Å²) in [6, 6.07) is 10.2. The van der Waals surface area contributed by atoms with Gasteiger partial charge in [-0.15, -0.1) is 5.10 Å². The van der Waals surface area contributed by atoms with Crippen LogP contribution in [0.5, 0.6) is 0 Å². The third-order valence-corrected chi connectivity index (χ3v) is 6.24. The van der Waals surface area contributed by atoms with Crippen LogP contribution in [0.4, 0.5) is 18.0 Å². The van der Waals surface area contributed by atoms with E-state index in [-0.39, 0.29) is 23.1 Å². The number of aromatic nitrogens is 4. The number of nitrogens with one attached hydrogen (secondary N) is 1. The molecule has 1 atom stereocenters. The number of carbonyl (C=O) groups is 2. The number of urea groups is 1. The van der Waals surface area contributed by atoms with Crippen molar-refractivity contribution in [1.29, 1.82) is 0 Å². The van der Waals surface area contributed by atoms with Crippen molar-refractivity contribution in [3.05, 3.63) is 70.0 Å². The Labute approximate surface area is 190 Å². The minimum atomic E-state index is -4.72. The topological polar surface area (TPSA) is 93.0 Å². The Hall–Kier alpha value is -3.47. The van der Waals surface area contributed by atoms with E-state index in [0.29, 0.717) is 19.3 Å². The number of imide groups is 1. The van der Waals surface area contributed by atoms with Crippen LogP contribution in [0.3, 0.4) is 0 Å². The van der Waals surface area contributed by atoms with Crippen LogP contribution in [0.15, 0.2) is 42.5 Å². The molecular weight excluding hydrogens is 461 g/mol. The summed E-state index contributed by atoms with van der Waals surface area (Å²) in [7, 11) is 0. The van der Waals surface area contributed by atoms with Crippen LogP contribution in [-0.4, -0.2) is 42.6 Å². The van der Waals surface area contributed by atoms with Crippen molar-refractivity contribution in [1.82, 2.24) is 30.4 Å². The number of amides is 3. The summed E-state index contributed by atoms with van der Waals surface area (Å²) in [6.07, 6.45) is -3.34. The van der Waals surface area contributed by atoms with Crippen LogP contribution in [0.2, 0.25) is 5.02 Å². The second-order valence-corrected chi connectivity index (χ2v) is 8.45. The highest BCUT2D eigenvalue weighted by Crippen LogP contribution is 2.37. The van der Waals surface area contributed by atoms with E-state index in [2.05, 4.69) is 20.8 Å². The molecule has 1 aromatic heterocycles. The van der Waals surface area contributed by atoms with E-state index in [1.54, 1.807) is 0 Å². The summed E-state index contributed by atoms with van der Waals surface area (Å²) >= 11 is 5.75. The molecular formula is C21H16ClF3N6O2. The lowest BCUT2D eigenvalue weighted by atomic mass is 9.78. The van der Waals surface area contributed by atoms with Gasteiger partial charge in [-0.25, -0.2) is 4.79 Å². The number of rotatable bonds is 3. The molecule has 1 aliphatic carbocycles. The quantitative estimate of drug-likeness (QED) is 0.585. The molecule has 2 heterocycles. The molecule has 5 rings (SSSR count). The number of carbonyl (C=O) groups excluding carboxylic acids is 2. The van der Waals surface area contributed by atoms with E-state index in [1.807, 2.05) is 24.3 Å². The van der Waals surface area contributed by atoms with Crippen molar-refractivity contribution in [2.24, 2.45) is 0 Å². The number of hydrogen-bond acceptors (Lipinski definition) is 5. The molecule has 8 nitrogen and oxygen atoms in total. The number of hydrogen-bond donors (Lipinski definition) is 1. The second-order valence-electron chi connectivity index (χ2n) is 8.02. The van der Waals surface area contributed by atoms with Crippen molar-refractivity contribution in [2.45, 2.75) is 37.5 Å². The fourth-order valence-electron chi connectivity index (χ4n) is 4.40. The lowest BCUT2D eigenvalue weighted by Gasteiger charge is -2.32. The largest absolute Gasteiger partial charge is 0.418 e. The Balaban J connectivity index is 1.46. The molecule has 1 aliphatic heterocycles. The zero-order valence-corrected chi connectivity index (χ0v) is 17.7. The van der Waals surface area contributed by atoms with Gasteiger partial charge in [0, 0.05) is 11.4 Å². The Bertz CT molecular complexity index is 1280. The Morgan fingerprint density at radius 1 is 1.12 bits per heavy atom. The number of aryl methyl sites for hydroxylation is 1. The van der Waals surface area contributed by atoms with Crippen LogP contribution < -0.4 is 5.32 Å². The van der Waals surface area contributed by atoms with Crippen molar-refractivity contribution < 1.29 is 22.8 Å².